The molecular weight excluding hydrogens is 308 g/mol. The Hall–Kier alpha value is -0.660. The molecule has 0 bridgehead atoms. The first-order valence-electron chi connectivity index (χ1n) is 10.8. The second-order valence-corrected chi connectivity index (χ2v) is 10.1. The molecule has 0 saturated heterocycles. The lowest BCUT2D eigenvalue weighted by molar-refractivity contribution is -0.201. The predicted molar refractivity (Wildman–Crippen MR) is 102 cm³/mol. The summed E-state index contributed by atoms with van der Waals surface area (Å²) >= 11 is 0. The van der Waals surface area contributed by atoms with Crippen LogP contribution in [0.25, 0.3) is 0 Å². The molecule has 142 valence electrons. The summed E-state index contributed by atoms with van der Waals surface area (Å²) in [6, 6.07) is 0. The third kappa shape index (κ3) is 2.15. The minimum atomic E-state index is -0.410. The SMILES string of the molecule is CC.CC12CC(=O)C3[C@@]4(C)CCCCC4CC[C@@]3(C)[C@]1(C)CCC2=O. The van der Waals surface area contributed by atoms with Gasteiger partial charge in [0.05, 0.1) is 0 Å². The maximum absolute atomic E-state index is 13.4. The van der Waals surface area contributed by atoms with E-state index in [-0.39, 0.29) is 22.2 Å². The largest absolute Gasteiger partial charge is 0.299 e. The average Bonchev–Trinajstić information content (AvgIpc) is 2.81. The maximum Gasteiger partial charge on any atom is 0.139 e. The number of rotatable bonds is 0. The van der Waals surface area contributed by atoms with E-state index in [2.05, 4.69) is 27.7 Å². The smallest absolute Gasteiger partial charge is 0.139 e. The Morgan fingerprint density at radius 3 is 2.24 bits per heavy atom. The lowest BCUT2D eigenvalue weighted by Gasteiger charge is -2.67. The molecule has 0 amide bonds. The fourth-order valence-corrected chi connectivity index (χ4v) is 7.83. The monoisotopic (exact) mass is 346 g/mol. The zero-order valence-corrected chi connectivity index (χ0v) is 17.3. The summed E-state index contributed by atoms with van der Waals surface area (Å²) in [5, 5.41) is 0. The molecule has 6 atom stereocenters. The van der Waals surface area contributed by atoms with E-state index in [1.54, 1.807) is 0 Å². The Bertz CT molecular complexity index is 581. The molecule has 0 aromatic carbocycles. The number of carbonyl (C=O) groups excluding carboxylic acids is 2. The van der Waals surface area contributed by atoms with E-state index in [9.17, 15) is 9.59 Å². The molecule has 4 rings (SSSR count). The van der Waals surface area contributed by atoms with Gasteiger partial charge in [0.1, 0.15) is 11.6 Å². The van der Waals surface area contributed by atoms with Gasteiger partial charge in [-0.1, -0.05) is 54.4 Å². The minimum Gasteiger partial charge on any atom is -0.299 e. The van der Waals surface area contributed by atoms with Crippen molar-refractivity contribution in [3.8, 4) is 0 Å². The van der Waals surface area contributed by atoms with Crippen molar-refractivity contribution in [1.29, 1.82) is 0 Å². The van der Waals surface area contributed by atoms with E-state index < -0.39 is 5.41 Å². The molecule has 3 unspecified atom stereocenters. The van der Waals surface area contributed by atoms with Crippen LogP contribution >= 0.6 is 0 Å². The summed E-state index contributed by atoms with van der Waals surface area (Å²) < 4.78 is 0. The molecular formula is C23H38O2. The van der Waals surface area contributed by atoms with E-state index in [1.807, 2.05) is 13.8 Å². The van der Waals surface area contributed by atoms with Gasteiger partial charge in [-0.15, -0.1) is 0 Å². The summed E-state index contributed by atoms with van der Waals surface area (Å²) in [5.74, 6) is 1.67. The Kier molecular flexibility index (Phi) is 4.53. The number of Topliss-reactive ketones (excluding diaryl/α,β-unsaturated/α-hetero) is 2. The molecule has 2 heteroatoms. The van der Waals surface area contributed by atoms with Crippen LogP contribution in [0.4, 0.5) is 0 Å². The molecule has 0 N–H and O–H groups in total. The minimum absolute atomic E-state index is 0.00108. The molecule has 0 radical (unpaired) electrons. The van der Waals surface area contributed by atoms with Crippen molar-refractivity contribution in [2.24, 2.45) is 33.5 Å². The van der Waals surface area contributed by atoms with Gasteiger partial charge >= 0.3 is 0 Å². The zero-order valence-electron chi connectivity index (χ0n) is 17.3. The van der Waals surface area contributed by atoms with Gasteiger partial charge in [0.2, 0.25) is 0 Å². The number of carbonyl (C=O) groups is 2. The Morgan fingerprint density at radius 2 is 1.56 bits per heavy atom. The summed E-state index contributed by atoms with van der Waals surface area (Å²) in [6.45, 7) is 13.3. The van der Waals surface area contributed by atoms with Crippen LogP contribution in [0.5, 0.6) is 0 Å². The second-order valence-electron chi connectivity index (χ2n) is 10.1. The second kappa shape index (κ2) is 5.92. The molecule has 25 heavy (non-hydrogen) atoms. The zero-order chi connectivity index (χ0) is 18.7. The van der Waals surface area contributed by atoms with Crippen molar-refractivity contribution in [3.63, 3.8) is 0 Å². The van der Waals surface area contributed by atoms with Crippen molar-refractivity contribution in [2.75, 3.05) is 0 Å². The van der Waals surface area contributed by atoms with Crippen molar-refractivity contribution >= 4 is 11.6 Å². The highest BCUT2D eigenvalue weighted by atomic mass is 16.1. The first-order chi connectivity index (χ1) is 11.7. The van der Waals surface area contributed by atoms with E-state index in [0.29, 0.717) is 24.4 Å². The summed E-state index contributed by atoms with van der Waals surface area (Å²) in [4.78, 5) is 26.1. The third-order valence-electron chi connectivity index (χ3n) is 9.55. The summed E-state index contributed by atoms with van der Waals surface area (Å²) in [5.41, 5.74) is -0.224. The van der Waals surface area contributed by atoms with E-state index in [4.69, 9.17) is 0 Å². The van der Waals surface area contributed by atoms with Gasteiger partial charge in [-0.25, -0.2) is 0 Å². The molecule has 4 aliphatic carbocycles. The van der Waals surface area contributed by atoms with Gasteiger partial charge in [-0.2, -0.15) is 0 Å². The summed E-state index contributed by atoms with van der Waals surface area (Å²) in [6.07, 6.45) is 9.72. The van der Waals surface area contributed by atoms with E-state index in [0.717, 1.165) is 18.8 Å². The topological polar surface area (TPSA) is 34.1 Å². The predicted octanol–water partition coefficient (Wildman–Crippen LogP) is 5.97. The van der Waals surface area contributed by atoms with Gasteiger partial charge in [-0.05, 0) is 54.3 Å². The van der Waals surface area contributed by atoms with Crippen molar-refractivity contribution in [2.45, 2.75) is 99.3 Å². The highest BCUT2D eigenvalue weighted by molar-refractivity contribution is 5.96. The fraction of sp³-hybridized carbons (Fsp3) is 0.913. The number of hydrogen-bond donors (Lipinski definition) is 0. The van der Waals surface area contributed by atoms with Crippen molar-refractivity contribution in [1.82, 2.24) is 0 Å². The molecule has 0 spiro atoms. The molecule has 0 aromatic heterocycles. The van der Waals surface area contributed by atoms with Gasteiger partial charge in [0.25, 0.3) is 0 Å². The highest BCUT2D eigenvalue weighted by Gasteiger charge is 2.72. The molecule has 0 aromatic rings. The molecule has 2 nitrogen and oxygen atoms in total. The number of fused-ring (bicyclic) bond motifs is 5. The average molecular weight is 347 g/mol. The van der Waals surface area contributed by atoms with Gasteiger partial charge in [-0.3, -0.25) is 9.59 Å². The van der Waals surface area contributed by atoms with Gasteiger partial charge in [0.15, 0.2) is 0 Å². The van der Waals surface area contributed by atoms with Gasteiger partial charge in [0, 0.05) is 24.2 Å². The number of ketones is 2. The van der Waals surface area contributed by atoms with E-state index >= 15 is 0 Å². The quantitative estimate of drug-likeness (QED) is 0.541. The van der Waals surface area contributed by atoms with Crippen LogP contribution in [0, 0.1) is 33.5 Å². The Balaban J connectivity index is 0.000000880. The van der Waals surface area contributed by atoms with Crippen molar-refractivity contribution in [3.05, 3.63) is 0 Å². The lowest BCUT2D eigenvalue weighted by Crippen LogP contribution is -2.65. The van der Waals surface area contributed by atoms with Crippen LogP contribution in [-0.4, -0.2) is 11.6 Å². The maximum atomic E-state index is 13.4. The molecule has 0 heterocycles. The Morgan fingerprint density at radius 1 is 0.880 bits per heavy atom. The normalized spacial score (nSPS) is 51.8. The number of hydrogen-bond acceptors (Lipinski definition) is 2. The molecule has 4 aliphatic rings. The fourth-order valence-electron chi connectivity index (χ4n) is 7.83. The third-order valence-corrected chi connectivity index (χ3v) is 9.55. The van der Waals surface area contributed by atoms with Crippen LogP contribution in [0.2, 0.25) is 0 Å². The van der Waals surface area contributed by atoms with Crippen LogP contribution in [0.1, 0.15) is 99.3 Å². The lowest BCUT2D eigenvalue weighted by atomic mass is 9.35. The van der Waals surface area contributed by atoms with Crippen LogP contribution in [0.3, 0.4) is 0 Å². The molecule has 4 saturated carbocycles. The molecule has 0 aliphatic heterocycles. The van der Waals surface area contributed by atoms with Crippen LogP contribution < -0.4 is 0 Å². The standard InChI is InChI=1S/C21H32O2.C2H6/c1-18-10-6-5-7-14(18)8-11-19(2)17(18)15(22)13-20(3)16(23)9-12-21(19,20)4;1-2/h14,17H,5-13H2,1-4H3;1-2H3/t14?,17?,18-,19+,20?,21-;/m0./s1. The molecule has 4 fully saturated rings. The van der Waals surface area contributed by atoms with Crippen LogP contribution in [0.15, 0.2) is 0 Å². The van der Waals surface area contributed by atoms with Crippen molar-refractivity contribution < 1.29 is 9.59 Å². The van der Waals surface area contributed by atoms with Crippen LogP contribution in [-0.2, 0) is 9.59 Å². The van der Waals surface area contributed by atoms with E-state index in [1.165, 1.54) is 32.1 Å². The first-order valence-corrected chi connectivity index (χ1v) is 10.8. The highest BCUT2D eigenvalue weighted by Crippen LogP contribution is 2.74. The summed E-state index contributed by atoms with van der Waals surface area (Å²) in [7, 11) is 0. The van der Waals surface area contributed by atoms with Gasteiger partial charge < -0.3 is 0 Å². The Labute approximate surface area is 154 Å². The first kappa shape index (κ1) is 19.1.